The molecule has 120 valence electrons. The number of nitrogen functional groups attached to an aromatic ring is 1. The largest absolute Gasteiger partial charge is 0.397 e. The van der Waals surface area contributed by atoms with E-state index in [1.165, 1.54) is 13.1 Å². The van der Waals surface area contributed by atoms with E-state index in [0.29, 0.717) is 5.69 Å². The molecular weight excluding hydrogens is 288 g/mol. The smallest absolute Gasteiger partial charge is 0.240 e. The van der Waals surface area contributed by atoms with Crippen LogP contribution in [0.2, 0.25) is 0 Å². The minimum Gasteiger partial charge on any atom is -0.397 e. The normalized spacial score (nSPS) is 11.9. The van der Waals surface area contributed by atoms with Gasteiger partial charge in [0.05, 0.1) is 16.3 Å². The van der Waals surface area contributed by atoms with Gasteiger partial charge in [0.2, 0.25) is 10.0 Å². The molecule has 1 aromatic carbocycles. The first-order valence-corrected chi connectivity index (χ1v) is 8.53. The highest BCUT2D eigenvalue weighted by molar-refractivity contribution is 7.89. The molecule has 0 atom stereocenters. The second-order valence-electron chi connectivity index (χ2n) is 5.16. The number of sulfonamides is 1. The molecule has 3 N–H and O–H groups in total. The summed E-state index contributed by atoms with van der Waals surface area (Å²) in [5.74, 6) is 0. The van der Waals surface area contributed by atoms with Crippen molar-refractivity contribution in [2.75, 3.05) is 51.4 Å². The summed E-state index contributed by atoms with van der Waals surface area (Å²) in [4.78, 5) is 4.49. The fraction of sp³-hybridized carbons (Fsp3) is 0.571. The molecule has 1 aromatic rings. The van der Waals surface area contributed by atoms with Crippen molar-refractivity contribution >= 4 is 21.4 Å². The lowest BCUT2D eigenvalue weighted by molar-refractivity contribution is 0.400. The van der Waals surface area contributed by atoms with Gasteiger partial charge in [-0.3, -0.25) is 0 Å². The van der Waals surface area contributed by atoms with Crippen LogP contribution in [0, 0.1) is 0 Å². The van der Waals surface area contributed by atoms with Gasteiger partial charge < -0.3 is 15.5 Å². The van der Waals surface area contributed by atoms with E-state index in [-0.39, 0.29) is 4.90 Å². The molecule has 0 heterocycles. The van der Waals surface area contributed by atoms with E-state index in [0.717, 1.165) is 31.7 Å². The van der Waals surface area contributed by atoms with Gasteiger partial charge in [0, 0.05) is 13.1 Å². The Morgan fingerprint density at radius 3 is 2.38 bits per heavy atom. The molecule has 0 spiro atoms. The van der Waals surface area contributed by atoms with Crippen LogP contribution in [0.25, 0.3) is 0 Å². The molecular formula is C14H26N4O2S. The Bertz CT molecular complexity index is 558. The molecule has 6 nitrogen and oxygen atoms in total. The highest BCUT2D eigenvalue weighted by Crippen LogP contribution is 2.26. The molecule has 0 aliphatic carbocycles. The molecule has 1 rings (SSSR count). The van der Waals surface area contributed by atoms with Crippen LogP contribution in [-0.4, -0.2) is 54.1 Å². The van der Waals surface area contributed by atoms with Gasteiger partial charge in [-0.2, -0.15) is 0 Å². The lowest BCUT2D eigenvalue weighted by Gasteiger charge is -2.25. The standard InChI is InChI=1S/C14H26N4O2S/c1-5-18(10-6-9-17(3)4)14-8-7-12(11-13(14)15)21(19,20)16-2/h7-8,11,16H,5-6,9-10,15H2,1-4H3. The van der Waals surface area contributed by atoms with Gasteiger partial charge in [-0.15, -0.1) is 0 Å². The Morgan fingerprint density at radius 2 is 1.90 bits per heavy atom. The van der Waals surface area contributed by atoms with E-state index in [4.69, 9.17) is 5.73 Å². The fourth-order valence-corrected chi connectivity index (χ4v) is 2.90. The molecule has 0 bridgehead atoms. The van der Waals surface area contributed by atoms with Crippen LogP contribution in [0.15, 0.2) is 23.1 Å². The third kappa shape index (κ3) is 4.87. The third-order valence-corrected chi connectivity index (χ3v) is 4.75. The van der Waals surface area contributed by atoms with Crippen LogP contribution >= 0.6 is 0 Å². The van der Waals surface area contributed by atoms with Crippen LogP contribution < -0.4 is 15.4 Å². The van der Waals surface area contributed by atoms with Gasteiger partial charge in [-0.25, -0.2) is 13.1 Å². The summed E-state index contributed by atoms with van der Waals surface area (Å²) in [5, 5.41) is 0. The lowest BCUT2D eigenvalue weighted by Crippen LogP contribution is -2.28. The topological polar surface area (TPSA) is 78.7 Å². The molecule has 7 heteroatoms. The minimum atomic E-state index is -3.45. The van der Waals surface area contributed by atoms with Crippen LogP contribution in [0.5, 0.6) is 0 Å². The predicted molar refractivity (Wildman–Crippen MR) is 88.2 cm³/mol. The van der Waals surface area contributed by atoms with Crippen molar-refractivity contribution in [2.24, 2.45) is 0 Å². The number of hydrogen-bond acceptors (Lipinski definition) is 5. The number of benzene rings is 1. The zero-order chi connectivity index (χ0) is 16.0. The van der Waals surface area contributed by atoms with Crippen molar-refractivity contribution in [3.8, 4) is 0 Å². The Hall–Kier alpha value is -1.31. The van der Waals surface area contributed by atoms with Crippen molar-refractivity contribution in [3.05, 3.63) is 18.2 Å². The van der Waals surface area contributed by atoms with E-state index in [9.17, 15) is 8.42 Å². The van der Waals surface area contributed by atoms with Gasteiger partial charge in [0.25, 0.3) is 0 Å². The van der Waals surface area contributed by atoms with Crippen LogP contribution in [0.3, 0.4) is 0 Å². The molecule has 0 amide bonds. The SMILES string of the molecule is CCN(CCCN(C)C)c1ccc(S(=O)(=O)NC)cc1N. The first kappa shape index (κ1) is 17.7. The van der Waals surface area contributed by atoms with Crippen molar-refractivity contribution in [1.82, 2.24) is 9.62 Å². The van der Waals surface area contributed by atoms with Crippen molar-refractivity contribution in [2.45, 2.75) is 18.2 Å². The molecule has 0 fully saturated rings. The fourth-order valence-electron chi connectivity index (χ4n) is 2.13. The average Bonchev–Trinajstić information content (AvgIpc) is 2.43. The van der Waals surface area contributed by atoms with Crippen molar-refractivity contribution in [3.63, 3.8) is 0 Å². The van der Waals surface area contributed by atoms with Crippen molar-refractivity contribution < 1.29 is 8.42 Å². The molecule has 0 saturated heterocycles. The van der Waals surface area contributed by atoms with Gasteiger partial charge in [0.15, 0.2) is 0 Å². The van der Waals surface area contributed by atoms with Crippen LogP contribution in [0.1, 0.15) is 13.3 Å². The maximum atomic E-state index is 11.8. The number of hydrogen-bond donors (Lipinski definition) is 2. The monoisotopic (exact) mass is 314 g/mol. The van der Waals surface area contributed by atoms with Crippen LogP contribution in [0.4, 0.5) is 11.4 Å². The van der Waals surface area contributed by atoms with Gasteiger partial charge in [-0.1, -0.05) is 0 Å². The molecule has 0 unspecified atom stereocenters. The summed E-state index contributed by atoms with van der Waals surface area (Å²) in [6.07, 6.45) is 1.02. The minimum absolute atomic E-state index is 0.190. The summed E-state index contributed by atoms with van der Waals surface area (Å²) in [6, 6.07) is 4.88. The Labute approximate surface area is 128 Å². The van der Waals surface area contributed by atoms with E-state index < -0.39 is 10.0 Å². The van der Waals surface area contributed by atoms with Gasteiger partial charge in [0.1, 0.15) is 0 Å². The van der Waals surface area contributed by atoms with E-state index in [2.05, 4.69) is 21.4 Å². The van der Waals surface area contributed by atoms with Crippen molar-refractivity contribution in [1.29, 1.82) is 0 Å². The van der Waals surface area contributed by atoms with E-state index in [1.54, 1.807) is 12.1 Å². The van der Waals surface area contributed by atoms with Gasteiger partial charge >= 0.3 is 0 Å². The zero-order valence-corrected chi connectivity index (χ0v) is 14.1. The number of nitrogens with two attached hydrogens (primary N) is 1. The molecule has 0 aliphatic heterocycles. The Balaban J connectivity index is 2.91. The molecule has 0 aliphatic rings. The quantitative estimate of drug-likeness (QED) is 0.699. The summed E-state index contributed by atoms with van der Waals surface area (Å²) in [6.45, 7) is 4.78. The maximum absolute atomic E-state index is 11.8. The second-order valence-corrected chi connectivity index (χ2v) is 7.05. The number of anilines is 2. The Morgan fingerprint density at radius 1 is 1.24 bits per heavy atom. The number of rotatable bonds is 8. The molecule has 0 saturated carbocycles. The van der Waals surface area contributed by atoms with E-state index >= 15 is 0 Å². The lowest BCUT2D eigenvalue weighted by atomic mass is 10.2. The third-order valence-electron chi connectivity index (χ3n) is 3.33. The second kappa shape index (κ2) is 7.63. The number of nitrogens with zero attached hydrogens (tertiary/aromatic N) is 2. The first-order chi connectivity index (χ1) is 9.81. The zero-order valence-electron chi connectivity index (χ0n) is 13.3. The molecule has 21 heavy (non-hydrogen) atoms. The molecule has 0 radical (unpaired) electrons. The average molecular weight is 314 g/mol. The van der Waals surface area contributed by atoms with E-state index in [1.807, 2.05) is 14.1 Å². The summed E-state index contributed by atoms with van der Waals surface area (Å²) < 4.78 is 25.8. The van der Waals surface area contributed by atoms with Crippen LogP contribution in [-0.2, 0) is 10.0 Å². The Kier molecular flexibility index (Phi) is 6.44. The summed E-state index contributed by atoms with van der Waals surface area (Å²) >= 11 is 0. The predicted octanol–water partition coefficient (Wildman–Crippen LogP) is 0.955. The maximum Gasteiger partial charge on any atom is 0.240 e. The number of nitrogens with one attached hydrogen (secondary N) is 1. The summed E-state index contributed by atoms with van der Waals surface area (Å²) in [5.41, 5.74) is 7.40. The summed E-state index contributed by atoms with van der Waals surface area (Å²) in [7, 11) is 2.02. The highest BCUT2D eigenvalue weighted by Gasteiger charge is 2.15. The first-order valence-electron chi connectivity index (χ1n) is 7.04. The van der Waals surface area contributed by atoms with Gasteiger partial charge in [-0.05, 0) is 59.2 Å². The highest BCUT2D eigenvalue weighted by atomic mass is 32.2. The molecule has 0 aromatic heterocycles.